The van der Waals surface area contributed by atoms with Crippen LogP contribution in [0.3, 0.4) is 0 Å². The molecule has 1 rings (SSSR count). The van der Waals surface area contributed by atoms with Crippen molar-refractivity contribution in [2.45, 2.75) is 18.2 Å². The molecular formula is C11H16BrNO2S. The van der Waals surface area contributed by atoms with E-state index in [4.69, 9.17) is 0 Å². The number of benzene rings is 1. The third-order valence-electron chi connectivity index (χ3n) is 2.38. The number of rotatable bonds is 5. The summed E-state index contributed by atoms with van der Waals surface area (Å²) in [6.07, 6.45) is 0.890. The quantitative estimate of drug-likeness (QED) is 0.905. The minimum Gasteiger partial charge on any atom is -0.319 e. The number of nitrogens with one attached hydrogen (secondary N) is 1. The Hall–Kier alpha value is -0.390. The lowest BCUT2D eigenvalue weighted by atomic mass is 10.1. The lowest BCUT2D eigenvalue weighted by Crippen LogP contribution is -2.10. The van der Waals surface area contributed by atoms with Crippen molar-refractivity contribution < 1.29 is 8.42 Å². The maximum atomic E-state index is 11.7. The van der Waals surface area contributed by atoms with Crippen molar-refractivity contribution in [2.75, 3.05) is 19.3 Å². The van der Waals surface area contributed by atoms with Crippen LogP contribution in [0, 0.1) is 0 Å². The average Bonchev–Trinajstić information content (AvgIpc) is 2.26. The van der Waals surface area contributed by atoms with Gasteiger partial charge in [-0.1, -0.05) is 13.0 Å². The standard InChI is InChI=1S/C11H16BrNO2S/c1-3-16(14,15)11-5-4-9(6-7-13-2)8-10(11)12/h4-5,8,13H,3,6-7H2,1-2H3. The third-order valence-corrected chi connectivity index (χ3v) is 5.08. The van der Waals surface area contributed by atoms with Gasteiger partial charge in [0.1, 0.15) is 0 Å². The van der Waals surface area contributed by atoms with Crippen LogP contribution in [0.15, 0.2) is 27.6 Å². The Balaban J connectivity index is 3.01. The van der Waals surface area contributed by atoms with Gasteiger partial charge in [0.2, 0.25) is 0 Å². The van der Waals surface area contributed by atoms with Crippen LogP contribution < -0.4 is 5.32 Å². The van der Waals surface area contributed by atoms with Gasteiger partial charge in [-0.2, -0.15) is 0 Å². The maximum Gasteiger partial charge on any atom is 0.179 e. The zero-order valence-corrected chi connectivity index (χ0v) is 11.9. The first-order chi connectivity index (χ1) is 7.51. The van der Waals surface area contributed by atoms with Gasteiger partial charge in [0, 0.05) is 4.47 Å². The molecule has 0 aliphatic heterocycles. The fourth-order valence-electron chi connectivity index (χ4n) is 1.38. The van der Waals surface area contributed by atoms with Crippen molar-refractivity contribution in [2.24, 2.45) is 0 Å². The zero-order chi connectivity index (χ0) is 12.2. The summed E-state index contributed by atoms with van der Waals surface area (Å²) < 4.78 is 24.1. The van der Waals surface area contributed by atoms with E-state index >= 15 is 0 Å². The second-order valence-corrected chi connectivity index (χ2v) is 6.62. The molecule has 0 aromatic heterocycles. The van der Waals surface area contributed by atoms with E-state index in [1.54, 1.807) is 13.0 Å². The molecule has 0 aliphatic rings. The summed E-state index contributed by atoms with van der Waals surface area (Å²) in [5.41, 5.74) is 1.12. The highest BCUT2D eigenvalue weighted by Crippen LogP contribution is 2.24. The second kappa shape index (κ2) is 5.80. The molecule has 0 atom stereocenters. The van der Waals surface area contributed by atoms with Gasteiger partial charge < -0.3 is 5.32 Å². The van der Waals surface area contributed by atoms with Crippen molar-refractivity contribution in [3.05, 3.63) is 28.2 Å². The van der Waals surface area contributed by atoms with Crippen LogP contribution >= 0.6 is 15.9 Å². The SMILES string of the molecule is CCS(=O)(=O)c1ccc(CCNC)cc1Br. The Bertz CT molecular complexity index is 457. The Morgan fingerprint density at radius 2 is 2.06 bits per heavy atom. The first-order valence-corrected chi connectivity index (χ1v) is 7.61. The molecule has 1 aromatic rings. The number of halogens is 1. The molecule has 0 fully saturated rings. The second-order valence-electron chi connectivity index (χ2n) is 3.52. The van der Waals surface area contributed by atoms with E-state index in [1.165, 1.54) is 0 Å². The van der Waals surface area contributed by atoms with Gasteiger partial charge in [0.25, 0.3) is 0 Å². The molecule has 0 saturated heterocycles. The lowest BCUT2D eigenvalue weighted by Gasteiger charge is -2.07. The van der Waals surface area contributed by atoms with E-state index in [1.807, 2.05) is 19.2 Å². The van der Waals surface area contributed by atoms with Crippen LogP contribution in [0.4, 0.5) is 0 Å². The highest BCUT2D eigenvalue weighted by molar-refractivity contribution is 9.10. The summed E-state index contributed by atoms with van der Waals surface area (Å²) in [6, 6.07) is 5.42. The predicted molar refractivity (Wildman–Crippen MR) is 69.5 cm³/mol. The van der Waals surface area contributed by atoms with E-state index in [0.717, 1.165) is 18.5 Å². The Morgan fingerprint density at radius 3 is 2.56 bits per heavy atom. The highest BCUT2D eigenvalue weighted by atomic mass is 79.9. The van der Waals surface area contributed by atoms with Gasteiger partial charge in [-0.05, 0) is 53.6 Å². The summed E-state index contributed by atoms with van der Waals surface area (Å²) in [7, 11) is -1.23. The van der Waals surface area contributed by atoms with E-state index in [0.29, 0.717) is 9.37 Å². The first kappa shape index (κ1) is 13.7. The molecule has 90 valence electrons. The Kier molecular flexibility index (Phi) is 4.95. The molecule has 0 saturated carbocycles. The van der Waals surface area contributed by atoms with Crippen molar-refractivity contribution in [1.82, 2.24) is 5.32 Å². The maximum absolute atomic E-state index is 11.7. The lowest BCUT2D eigenvalue weighted by molar-refractivity contribution is 0.596. The number of hydrogen-bond acceptors (Lipinski definition) is 3. The van der Waals surface area contributed by atoms with Crippen molar-refractivity contribution in [1.29, 1.82) is 0 Å². The molecule has 0 aliphatic carbocycles. The molecule has 1 aromatic carbocycles. The third kappa shape index (κ3) is 3.30. The minimum atomic E-state index is -3.13. The van der Waals surface area contributed by atoms with Crippen molar-refractivity contribution in [3.63, 3.8) is 0 Å². The van der Waals surface area contributed by atoms with Crippen LogP contribution in [0.1, 0.15) is 12.5 Å². The molecule has 3 nitrogen and oxygen atoms in total. The summed E-state index contributed by atoms with van der Waals surface area (Å²) in [5.74, 6) is 0.126. The predicted octanol–water partition coefficient (Wildman–Crippen LogP) is 2.00. The molecule has 0 unspecified atom stereocenters. The smallest absolute Gasteiger partial charge is 0.179 e. The van der Waals surface area contributed by atoms with E-state index < -0.39 is 9.84 Å². The summed E-state index contributed by atoms with van der Waals surface area (Å²) >= 11 is 3.32. The Morgan fingerprint density at radius 1 is 1.38 bits per heavy atom. The molecule has 0 spiro atoms. The highest BCUT2D eigenvalue weighted by Gasteiger charge is 2.15. The molecule has 0 heterocycles. The number of sulfone groups is 1. The largest absolute Gasteiger partial charge is 0.319 e. The van der Waals surface area contributed by atoms with Gasteiger partial charge >= 0.3 is 0 Å². The van der Waals surface area contributed by atoms with Crippen LogP contribution in [0.25, 0.3) is 0 Å². The summed E-state index contributed by atoms with van der Waals surface area (Å²) in [6.45, 7) is 2.53. The fourth-order valence-corrected chi connectivity index (χ4v) is 3.49. The first-order valence-electron chi connectivity index (χ1n) is 5.17. The van der Waals surface area contributed by atoms with E-state index in [2.05, 4.69) is 21.2 Å². The molecular weight excluding hydrogens is 290 g/mol. The molecule has 0 bridgehead atoms. The number of likely N-dealkylation sites (N-methyl/N-ethyl adjacent to an activating group) is 1. The van der Waals surface area contributed by atoms with E-state index in [-0.39, 0.29) is 5.75 Å². The van der Waals surface area contributed by atoms with Crippen molar-refractivity contribution >= 4 is 25.8 Å². The fraction of sp³-hybridized carbons (Fsp3) is 0.455. The molecule has 0 radical (unpaired) electrons. The molecule has 5 heteroatoms. The normalized spacial score (nSPS) is 11.7. The molecule has 16 heavy (non-hydrogen) atoms. The topological polar surface area (TPSA) is 46.2 Å². The molecule has 1 N–H and O–H groups in total. The molecule has 0 amide bonds. The average molecular weight is 306 g/mol. The zero-order valence-electron chi connectivity index (χ0n) is 9.46. The number of hydrogen-bond donors (Lipinski definition) is 1. The minimum absolute atomic E-state index is 0.126. The van der Waals surface area contributed by atoms with Crippen LogP contribution in [0.5, 0.6) is 0 Å². The summed E-state index contributed by atoms with van der Waals surface area (Å²) in [4.78, 5) is 0.378. The van der Waals surface area contributed by atoms with Gasteiger partial charge in [-0.15, -0.1) is 0 Å². The Labute approximate surface area is 105 Å². The van der Waals surface area contributed by atoms with Crippen LogP contribution in [-0.4, -0.2) is 27.8 Å². The summed E-state index contributed by atoms with van der Waals surface area (Å²) in [5, 5.41) is 3.06. The van der Waals surface area contributed by atoms with Gasteiger partial charge in [0.15, 0.2) is 9.84 Å². The van der Waals surface area contributed by atoms with Gasteiger partial charge in [-0.3, -0.25) is 0 Å². The van der Waals surface area contributed by atoms with Crippen LogP contribution in [0.2, 0.25) is 0 Å². The van der Waals surface area contributed by atoms with Gasteiger partial charge in [0.05, 0.1) is 10.6 Å². The van der Waals surface area contributed by atoms with Crippen LogP contribution in [-0.2, 0) is 16.3 Å². The van der Waals surface area contributed by atoms with E-state index in [9.17, 15) is 8.42 Å². The van der Waals surface area contributed by atoms with Gasteiger partial charge in [-0.25, -0.2) is 8.42 Å². The van der Waals surface area contributed by atoms with Crippen molar-refractivity contribution in [3.8, 4) is 0 Å². The monoisotopic (exact) mass is 305 g/mol.